The van der Waals surface area contributed by atoms with Crippen LogP contribution in [0.2, 0.25) is 0 Å². The second-order valence-corrected chi connectivity index (χ2v) is 35.1. The third kappa shape index (κ3) is 24.1. The van der Waals surface area contributed by atoms with Gasteiger partial charge in [-0.05, 0) is 263 Å². The Bertz CT molecular complexity index is 5910. The number of amides is 4. The average Bonchev–Trinajstić information content (AvgIpc) is 0.880. The number of pyridine rings is 4. The fraction of sp³-hybridized carbons (Fsp3) is 0.360. The van der Waals surface area contributed by atoms with Crippen molar-refractivity contribution < 1.29 is 95.6 Å². The number of thiophene rings is 2. The van der Waals surface area contributed by atoms with Crippen LogP contribution < -0.4 is 23.7 Å². The highest BCUT2D eigenvalue weighted by Gasteiger charge is 2.37. The molecule has 10 heterocycles. The molecule has 4 aliphatic heterocycles. The lowest BCUT2D eigenvalue weighted by atomic mass is 9.94. The van der Waals surface area contributed by atoms with Crippen molar-refractivity contribution in [3.63, 3.8) is 0 Å². The minimum Gasteiger partial charge on any atom is -0.496 e. The van der Waals surface area contributed by atoms with E-state index < -0.39 is 60.0 Å². The number of fused-ring (bicyclic) bond motifs is 4. The highest BCUT2D eigenvalue weighted by atomic mass is 32.1. The van der Waals surface area contributed by atoms with Crippen molar-refractivity contribution in [2.24, 2.45) is 23.7 Å². The normalized spacial score (nSPS) is 17.3. The Kier molecular flexibility index (Phi) is 31.5. The number of carbonyl (C=O) groups excluding carboxylic acids is 4. The first-order valence-corrected chi connectivity index (χ1v) is 45.4. The number of benzene rings is 6. The van der Waals surface area contributed by atoms with E-state index in [0.29, 0.717) is 91.8 Å². The highest BCUT2D eigenvalue weighted by molar-refractivity contribution is 7.13. The Labute approximate surface area is 758 Å². The molecule has 25 nitrogen and oxygen atoms in total. The predicted molar refractivity (Wildman–Crippen MR) is 492 cm³/mol. The Balaban J connectivity index is 0.000000148. The Morgan fingerprint density at radius 3 is 1.05 bits per heavy atom. The first kappa shape index (κ1) is 94.5. The van der Waals surface area contributed by atoms with E-state index in [0.717, 1.165) is 118 Å². The van der Waals surface area contributed by atoms with Crippen LogP contribution in [0.3, 0.4) is 0 Å². The van der Waals surface area contributed by atoms with E-state index in [2.05, 4.69) is 56.0 Å². The molecule has 0 bridgehead atoms. The molecule has 12 aromatic rings. The molecule has 0 aliphatic carbocycles. The molecular formula is C100H105F3N8O17S2. The molecule has 0 radical (unpaired) electrons. The molecule has 4 aliphatic rings. The lowest BCUT2D eigenvalue weighted by Gasteiger charge is -2.33. The third-order valence-electron chi connectivity index (χ3n) is 23.8. The van der Waals surface area contributed by atoms with Gasteiger partial charge in [0.1, 0.15) is 28.7 Å². The minimum absolute atomic E-state index is 0.00579. The molecule has 6 aromatic carbocycles. The molecular weight excluding hydrogens is 1710 g/mol. The summed E-state index contributed by atoms with van der Waals surface area (Å²) >= 11 is 3.39. The monoisotopic (exact) mass is 1810 g/mol. The maximum atomic E-state index is 13.6. The molecule has 4 amide bonds. The zero-order chi connectivity index (χ0) is 92.5. The van der Waals surface area contributed by atoms with E-state index in [1.165, 1.54) is 39.9 Å². The third-order valence-corrected chi connectivity index (χ3v) is 25.8. The number of ether oxygens (including phenoxy) is 5. The maximum Gasteiger partial charge on any atom is 0.417 e. The van der Waals surface area contributed by atoms with Gasteiger partial charge in [-0.15, -0.1) is 11.3 Å². The molecule has 0 unspecified atom stereocenters. The van der Waals surface area contributed by atoms with Crippen LogP contribution in [0, 0.1) is 37.5 Å². The second-order valence-electron chi connectivity index (χ2n) is 33.4. The van der Waals surface area contributed by atoms with Crippen LogP contribution in [0.4, 0.5) is 13.2 Å². The molecule has 6 aromatic heterocycles. The van der Waals surface area contributed by atoms with E-state index in [9.17, 15) is 51.5 Å². The van der Waals surface area contributed by atoms with Gasteiger partial charge in [0.05, 0.1) is 34.7 Å². The number of aliphatic carboxylic acids is 4. The minimum atomic E-state index is -4.50. The number of hydrogen-bond donors (Lipinski definition) is 4. The number of halogens is 3. The largest absolute Gasteiger partial charge is 0.496 e. The molecule has 4 fully saturated rings. The van der Waals surface area contributed by atoms with Crippen molar-refractivity contribution in [1.29, 1.82) is 0 Å². The Morgan fingerprint density at radius 1 is 0.400 bits per heavy atom. The second kappa shape index (κ2) is 43.3. The van der Waals surface area contributed by atoms with Crippen molar-refractivity contribution in [3.8, 4) is 72.6 Å². The van der Waals surface area contributed by atoms with Crippen molar-refractivity contribution in [2.75, 3.05) is 59.5 Å². The lowest BCUT2D eigenvalue weighted by molar-refractivity contribution is -0.143. The summed E-state index contributed by atoms with van der Waals surface area (Å²) in [5.74, 6) is -1.08. The van der Waals surface area contributed by atoms with Crippen LogP contribution in [-0.2, 0) is 44.5 Å². The van der Waals surface area contributed by atoms with E-state index in [-0.39, 0.29) is 78.5 Å². The quantitative estimate of drug-likeness (QED) is 0.0413. The number of carbonyl (C=O) groups is 8. The van der Waals surface area contributed by atoms with Crippen LogP contribution in [0.15, 0.2) is 193 Å². The first-order valence-electron chi connectivity index (χ1n) is 43.6. The number of carboxylic acid groups (broad SMARTS) is 4. The number of nitrogens with zero attached hydrogens (tertiary/aromatic N) is 8. The fourth-order valence-electron chi connectivity index (χ4n) is 17.6. The predicted octanol–water partition coefficient (Wildman–Crippen LogP) is 19.3. The van der Waals surface area contributed by atoms with E-state index in [1.807, 2.05) is 97.1 Å². The van der Waals surface area contributed by atoms with E-state index in [4.69, 9.17) is 44.1 Å². The summed E-state index contributed by atoms with van der Waals surface area (Å²) in [7, 11) is 1.65. The van der Waals surface area contributed by atoms with Gasteiger partial charge in [-0.25, -0.2) is 0 Å². The number of hydrogen-bond acceptors (Lipinski definition) is 19. The van der Waals surface area contributed by atoms with Gasteiger partial charge in [-0.2, -0.15) is 24.5 Å². The number of rotatable bonds is 25. The van der Waals surface area contributed by atoms with Gasteiger partial charge in [-0.3, -0.25) is 58.3 Å². The summed E-state index contributed by atoms with van der Waals surface area (Å²) in [4.78, 5) is 121. The summed E-state index contributed by atoms with van der Waals surface area (Å²) in [6.45, 7) is 15.3. The van der Waals surface area contributed by atoms with Gasteiger partial charge in [0.2, 0.25) is 0 Å². The van der Waals surface area contributed by atoms with Gasteiger partial charge in [0, 0.05) is 165 Å². The number of methoxy groups -OCH3 is 1. The molecule has 8 atom stereocenters. The zero-order valence-electron chi connectivity index (χ0n) is 73.4. The van der Waals surface area contributed by atoms with Gasteiger partial charge in [0.15, 0.2) is 24.4 Å². The van der Waals surface area contributed by atoms with Crippen LogP contribution in [0.5, 0.6) is 28.7 Å². The Morgan fingerprint density at radius 2 is 0.723 bits per heavy atom. The SMILES string of the molecule is COc1ccccc1-c1ccnc2cc(O[C@H](C)C(=O)N3CCC[C@H](CC(=O)O)C3)ccc12.C[C@@H](Oc1ccc2c(-c3ccccc3C(F)(F)F)ccnc2c1)C(=O)N1CCC[C@H](CC(=O)O)C1.Cc1ccsc1-c1ccnc2cc(O[C@H](C)C(=O)N3CCC[C@H](CC(=O)O)C3)ccc12.Cc1cscc1-c1ccnc2cc(O[C@H](C)C(=O)N3CCC[C@H](CC(=O)O)C3)ccc12. The fourth-order valence-corrected chi connectivity index (χ4v) is 19.4. The van der Waals surface area contributed by atoms with Crippen molar-refractivity contribution in [1.82, 2.24) is 39.5 Å². The number of carboxylic acids is 4. The van der Waals surface area contributed by atoms with E-state index >= 15 is 0 Å². The number of aryl methyl sites for hydroxylation is 2. The maximum absolute atomic E-state index is 13.6. The number of para-hydroxylation sites is 1. The molecule has 0 spiro atoms. The van der Waals surface area contributed by atoms with Crippen molar-refractivity contribution in [3.05, 3.63) is 209 Å². The average molecular weight is 1810 g/mol. The molecule has 4 saturated heterocycles. The summed E-state index contributed by atoms with van der Waals surface area (Å²) in [5, 5.41) is 46.1. The van der Waals surface area contributed by atoms with Gasteiger partial charge in [0.25, 0.3) is 23.6 Å². The first-order chi connectivity index (χ1) is 62.4. The molecule has 4 N–H and O–H groups in total. The number of piperidine rings is 4. The molecule has 680 valence electrons. The zero-order valence-corrected chi connectivity index (χ0v) is 75.0. The van der Waals surface area contributed by atoms with Gasteiger partial charge < -0.3 is 63.7 Å². The van der Waals surface area contributed by atoms with Gasteiger partial charge in [-0.1, -0.05) is 36.4 Å². The van der Waals surface area contributed by atoms with Crippen LogP contribution in [0.1, 0.15) is 121 Å². The van der Waals surface area contributed by atoms with Crippen LogP contribution in [0.25, 0.3) is 87.4 Å². The highest BCUT2D eigenvalue weighted by Crippen LogP contribution is 2.43. The van der Waals surface area contributed by atoms with Crippen molar-refractivity contribution in [2.45, 2.75) is 149 Å². The van der Waals surface area contributed by atoms with E-state index in [1.54, 1.807) is 126 Å². The molecule has 130 heavy (non-hydrogen) atoms. The summed E-state index contributed by atoms with van der Waals surface area (Å²) in [6, 6.07) is 44.8. The van der Waals surface area contributed by atoms with Crippen LogP contribution in [-0.4, -0.2) is 191 Å². The van der Waals surface area contributed by atoms with Crippen LogP contribution >= 0.6 is 22.7 Å². The summed E-state index contributed by atoms with van der Waals surface area (Å²) in [6.07, 6.45) is 6.26. The molecule has 0 saturated carbocycles. The van der Waals surface area contributed by atoms with Gasteiger partial charge >= 0.3 is 30.1 Å². The number of aromatic nitrogens is 4. The smallest absolute Gasteiger partial charge is 0.417 e. The molecule has 16 rings (SSSR count). The van der Waals surface area contributed by atoms with Crippen molar-refractivity contribution >= 4 is 114 Å². The molecule has 30 heteroatoms. The lowest BCUT2D eigenvalue weighted by Crippen LogP contribution is -2.46. The number of likely N-dealkylation sites (tertiary alicyclic amines) is 4. The summed E-state index contributed by atoms with van der Waals surface area (Å²) < 4.78 is 69.9. The Hall–Kier alpha value is -13.1. The standard InChI is InChI=1S/C26H25F3N2O4.C26H28N2O5.2C24H26N2O4S/c1-16(25(34)31-12-4-5-17(15-31)13-24(32)33)35-18-8-9-21-19(10-11-30-23(21)14-18)20-6-2-3-7-22(20)26(27,28)29;1-17(26(31)28-13-5-6-18(16-28)14-25(29)30)33-19-9-10-21-20(11-12-27-23(21)15-19)22-7-3-4-8-24(22)32-2;1-15-8-11-31-23(15)20-7-9-25-21-13-18(5-6-19(20)21)30-16(2)24(29)26-10-3-4-17(14-26)12-22(27)28;1-15-13-31-14-21(15)19-7-8-25-22-11-18(5-6-20(19)22)30-16(2)24(29)26-9-3-4-17(12-26)10-23(27)28/h2-3,6-11,14,16-17H,4-5,12-13,15H2,1H3,(H,32,33);3-4,7-12,15,17-18H,5-6,13-14,16H2,1-2H3,(H,29,30);5-9,11,13,16-17H,3-4,10,12,14H2,1-2H3,(H,27,28);5-8,11,13-14,16-17H,3-4,9-10,12H2,1-2H3,(H,27,28)/t16-,17-;17-,18-;2*16-,17-/m1111/s1. The summed E-state index contributed by atoms with van der Waals surface area (Å²) in [5.41, 5.74) is 10.5. The topological polar surface area (TPSA) is 328 Å². The number of alkyl halides is 3.